The predicted octanol–water partition coefficient (Wildman–Crippen LogP) is 6.39. The van der Waals surface area contributed by atoms with E-state index in [1.54, 1.807) is 0 Å². The van der Waals surface area contributed by atoms with Gasteiger partial charge in [-0.2, -0.15) is 0 Å². The first kappa shape index (κ1) is 24.5. The van der Waals surface area contributed by atoms with E-state index in [0.717, 1.165) is 57.1 Å². The molecule has 0 fully saturated rings. The van der Waals surface area contributed by atoms with Gasteiger partial charge in [-0.1, -0.05) is 89.3 Å². The molecule has 0 saturated carbocycles. The van der Waals surface area contributed by atoms with E-state index in [1.165, 1.54) is 32.1 Å². The molecule has 0 spiro atoms. The second kappa shape index (κ2) is 16.4. The minimum absolute atomic E-state index is 0.0978. The van der Waals surface area contributed by atoms with Gasteiger partial charge in [-0.05, 0) is 31.4 Å². The van der Waals surface area contributed by atoms with Crippen molar-refractivity contribution in [2.24, 2.45) is 0 Å². The second-order valence-electron chi connectivity index (χ2n) is 7.94. The van der Waals surface area contributed by atoms with Gasteiger partial charge in [0.1, 0.15) is 0 Å². The highest BCUT2D eigenvalue weighted by atomic mass is 16.4. The lowest BCUT2D eigenvalue weighted by molar-refractivity contribution is -0.137. The Hall–Kier alpha value is -1.55. The fourth-order valence-corrected chi connectivity index (χ4v) is 3.61. The summed E-state index contributed by atoms with van der Waals surface area (Å²) in [7, 11) is 0. The van der Waals surface area contributed by atoms with Crippen molar-refractivity contribution in [2.45, 2.75) is 109 Å². The summed E-state index contributed by atoms with van der Waals surface area (Å²) in [6, 6.07) is 10.3. The highest BCUT2D eigenvalue weighted by Gasteiger charge is 2.18. The molecule has 0 radical (unpaired) electrons. The van der Waals surface area contributed by atoms with E-state index in [1.807, 2.05) is 18.2 Å². The topological polar surface area (TPSA) is 69.6 Å². The van der Waals surface area contributed by atoms with Gasteiger partial charge in [-0.15, -0.1) is 0 Å². The van der Waals surface area contributed by atoms with Gasteiger partial charge in [0.2, 0.25) is 0 Å². The lowest BCUT2D eigenvalue weighted by Gasteiger charge is -2.25. The van der Waals surface area contributed by atoms with Crippen molar-refractivity contribution in [2.75, 3.05) is 5.32 Å². The van der Waals surface area contributed by atoms with Crippen molar-refractivity contribution in [3.8, 4) is 0 Å². The standard InChI is InChI=1S/C24H41NO3/c1-2-3-4-5-7-13-18-22(25-21-16-11-10-12-17-21)23(26)19-14-8-6-9-15-20-24(27)28/h10-12,16-17,22-23,25-26H,2-9,13-15,18-20H2,1H3,(H,27,28)/t22-,23+/m1/s1. The Labute approximate surface area is 171 Å². The monoisotopic (exact) mass is 391 g/mol. The molecule has 0 aliphatic rings. The van der Waals surface area contributed by atoms with Crippen LogP contribution in [0.4, 0.5) is 5.69 Å². The first-order valence-corrected chi connectivity index (χ1v) is 11.3. The molecule has 1 aromatic carbocycles. The van der Waals surface area contributed by atoms with Crippen LogP contribution in [0.5, 0.6) is 0 Å². The van der Waals surface area contributed by atoms with Gasteiger partial charge in [-0.3, -0.25) is 4.79 Å². The molecule has 4 heteroatoms. The molecule has 0 aliphatic heterocycles. The molecular formula is C24H41NO3. The van der Waals surface area contributed by atoms with E-state index in [-0.39, 0.29) is 18.6 Å². The van der Waals surface area contributed by atoms with Crippen LogP contribution in [-0.4, -0.2) is 28.3 Å². The fourth-order valence-electron chi connectivity index (χ4n) is 3.61. The average Bonchev–Trinajstić information content (AvgIpc) is 2.69. The molecule has 4 nitrogen and oxygen atoms in total. The van der Waals surface area contributed by atoms with E-state index in [0.29, 0.717) is 0 Å². The Morgan fingerprint density at radius 1 is 0.857 bits per heavy atom. The SMILES string of the molecule is CCCCCCCC[C@@H](Nc1ccccc1)[C@@H](O)CCCCCCCC(=O)O. The number of carbonyl (C=O) groups is 1. The summed E-state index contributed by atoms with van der Waals surface area (Å²) in [4.78, 5) is 10.5. The molecule has 0 aromatic heterocycles. The molecular weight excluding hydrogens is 350 g/mol. The van der Waals surface area contributed by atoms with Gasteiger partial charge >= 0.3 is 5.97 Å². The number of carboxylic acids is 1. The van der Waals surface area contributed by atoms with Crippen molar-refractivity contribution in [1.82, 2.24) is 0 Å². The lowest BCUT2D eigenvalue weighted by atomic mass is 9.97. The van der Waals surface area contributed by atoms with Gasteiger partial charge in [0.05, 0.1) is 12.1 Å². The third-order valence-electron chi connectivity index (χ3n) is 5.35. The molecule has 2 atom stereocenters. The fraction of sp³-hybridized carbons (Fsp3) is 0.708. The van der Waals surface area contributed by atoms with E-state index in [9.17, 15) is 9.90 Å². The van der Waals surface area contributed by atoms with Crippen LogP contribution in [0.2, 0.25) is 0 Å². The lowest BCUT2D eigenvalue weighted by Crippen LogP contribution is -2.33. The van der Waals surface area contributed by atoms with Crippen molar-refractivity contribution in [1.29, 1.82) is 0 Å². The van der Waals surface area contributed by atoms with Crippen LogP contribution in [0.15, 0.2) is 30.3 Å². The van der Waals surface area contributed by atoms with Gasteiger partial charge in [0.15, 0.2) is 0 Å². The maximum atomic E-state index is 10.7. The number of benzene rings is 1. The van der Waals surface area contributed by atoms with Crippen LogP contribution in [0.1, 0.15) is 96.8 Å². The second-order valence-corrected chi connectivity index (χ2v) is 7.94. The highest BCUT2D eigenvalue weighted by Crippen LogP contribution is 2.19. The summed E-state index contributed by atoms with van der Waals surface area (Å²) in [5, 5.41) is 22.9. The van der Waals surface area contributed by atoms with Gasteiger partial charge in [0, 0.05) is 12.1 Å². The normalized spacial score (nSPS) is 13.2. The number of rotatable bonds is 18. The molecule has 3 N–H and O–H groups in total. The number of aliphatic carboxylic acids is 1. The molecule has 1 aromatic rings. The zero-order chi connectivity index (χ0) is 20.5. The van der Waals surface area contributed by atoms with Crippen molar-refractivity contribution < 1.29 is 15.0 Å². The van der Waals surface area contributed by atoms with Crippen LogP contribution in [0.3, 0.4) is 0 Å². The molecule has 1 rings (SSSR count). The number of para-hydroxylation sites is 1. The van der Waals surface area contributed by atoms with Gasteiger partial charge in [0.25, 0.3) is 0 Å². The van der Waals surface area contributed by atoms with Crippen molar-refractivity contribution in [3.63, 3.8) is 0 Å². The van der Waals surface area contributed by atoms with E-state index in [4.69, 9.17) is 5.11 Å². The Bertz CT molecular complexity index is 492. The Morgan fingerprint density at radius 3 is 2.07 bits per heavy atom. The molecule has 0 amide bonds. The number of hydrogen-bond acceptors (Lipinski definition) is 3. The quantitative estimate of drug-likeness (QED) is 0.253. The summed E-state index contributed by atoms with van der Waals surface area (Å²) < 4.78 is 0. The molecule has 0 saturated heterocycles. The summed E-state index contributed by atoms with van der Waals surface area (Å²) in [6.45, 7) is 2.24. The molecule has 0 bridgehead atoms. The summed E-state index contributed by atoms with van der Waals surface area (Å²) in [5.74, 6) is -0.708. The highest BCUT2D eigenvalue weighted by molar-refractivity contribution is 5.66. The zero-order valence-electron chi connectivity index (χ0n) is 17.7. The molecule has 0 heterocycles. The van der Waals surface area contributed by atoms with Gasteiger partial charge < -0.3 is 15.5 Å². The number of nitrogens with one attached hydrogen (secondary N) is 1. The first-order chi connectivity index (χ1) is 13.6. The Kier molecular flexibility index (Phi) is 14.4. The van der Waals surface area contributed by atoms with Crippen LogP contribution >= 0.6 is 0 Å². The first-order valence-electron chi connectivity index (χ1n) is 11.3. The number of carboxylic acid groups (broad SMARTS) is 1. The van der Waals surface area contributed by atoms with Crippen LogP contribution in [0, 0.1) is 0 Å². The number of hydrogen-bond donors (Lipinski definition) is 3. The van der Waals surface area contributed by atoms with E-state index < -0.39 is 5.97 Å². The van der Waals surface area contributed by atoms with Crippen molar-refractivity contribution in [3.05, 3.63) is 30.3 Å². The molecule has 28 heavy (non-hydrogen) atoms. The third kappa shape index (κ3) is 12.8. The third-order valence-corrected chi connectivity index (χ3v) is 5.35. The van der Waals surface area contributed by atoms with Crippen LogP contribution in [0.25, 0.3) is 0 Å². The maximum absolute atomic E-state index is 10.7. The summed E-state index contributed by atoms with van der Waals surface area (Å²) in [5.41, 5.74) is 1.08. The maximum Gasteiger partial charge on any atom is 0.303 e. The smallest absolute Gasteiger partial charge is 0.303 e. The number of aliphatic hydroxyl groups is 1. The summed E-state index contributed by atoms with van der Waals surface area (Å²) in [6.07, 6.45) is 14.2. The van der Waals surface area contributed by atoms with Crippen LogP contribution in [-0.2, 0) is 4.79 Å². The number of anilines is 1. The minimum atomic E-state index is -0.708. The largest absolute Gasteiger partial charge is 0.481 e. The molecule has 0 aliphatic carbocycles. The van der Waals surface area contributed by atoms with Crippen LogP contribution < -0.4 is 5.32 Å². The molecule has 160 valence electrons. The molecule has 0 unspecified atom stereocenters. The Morgan fingerprint density at radius 2 is 1.43 bits per heavy atom. The minimum Gasteiger partial charge on any atom is -0.481 e. The van der Waals surface area contributed by atoms with E-state index in [2.05, 4.69) is 24.4 Å². The number of aliphatic hydroxyl groups excluding tert-OH is 1. The average molecular weight is 392 g/mol. The van der Waals surface area contributed by atoms with Gasteiger partial charge in [-0.25, -0.2) is 0 Å². The zero-order valence-corrected chi connectivity index (χ0v) is 17.7. The van der Waals surface area contributed by atoms with E-state index >= 15 is 0 Å². The predicted molar refractivity (Wildman–Crippen MR) is 118 cm³/mol. The number of unbranched alkanes of at least 4 members (excludes halogenated alkanes) is 9. The summed E-state index contributed by atoms with van der Waals surface area (Å²) >= 11 is 0. The Balaban J connectivity index is 2.32. The van der Waals surface area contributed by atoms with Crippen molar-refractivity contribution >= 4 is 11.7 Å².